The van der Waals surface area contributed by atoms with Crippen molar-refractivity contribution < 1.29 is 13.5 Å². The van der Waals surface area contributed by atoms with E-state index >= 15 is 0 Å². The molecule has 0 bridgehead atoms. The van der Waals surface area contributed by atoms with E-state index in [9.17, 15) is 9.00 Å². The van der Waals surface area contributed by atoms with Gasteiger partial charge < -0.3 is 4.52 Å². The van der Waals surface area contributed by atoms with E-state index in [1.54, 1.807) is 31.2 Å². The van der Waals surface area contributed by atoms with Crippen molar-refractivity contribution >= 4 is 15.6 Å². The summed E-state index contributed by atoms with van der Waals surface area (Å²) in [4.78, 5) is 16.4. The lowest BCUT2D eigenvalue weighted by Crippen LogP contribution is -2.18. The Morgan fingerprint density at radius 1 is 1.27 bits per heavy atom. The fourth-order valence-corrected chi connectivity index (χ4v) is 4.54. The molecule has 7 heteroatoms. The minimum Gasteiger partial charge on any atom is -0.339 e. The number of carbonyl (C=O) groups is 1. The molecule has 0 aliphatic carbocycles. The Bertz CT molecular complexity index is 807. The number of nitrogens with zero attached hydrogens (tertiary/aromatic N) is 3. The van der Waals surface area contributed by atoms with Gasteiger partial charge in [-0.15, -0.1) is 0 Å². The lowest BCUT2D eigenvalue weighted by Gasteiger charge is -2.14. The molecule has 1 aliphatic rings. The van der Waals surface area contributed by atoms with Crippen LogP contribution >= 0.6 is 0 Å². The average molecular weight is 319 g/mol. The lowest BCUT2D eigenvalue weighted by molar-refractivity contribution is 0.100. The highest BCUT2D eigenvalue weighted by Gasteiger charge is 2.17. The van der Waals surface area contributed by atoms with Gasteiger partial charge in [-0.25, -0.2) is 4.21 Å². The smallest absolute Gasteiger partial charge is 0.285 e. The number of aryl methyl sites for hydroxylation is 1. The van der Waals surface area contributed by atoms with Crippen LogP contribution < -0.4 is 0 Å². The SMILES string of the molecule is Cc1nc(-c2cccc(C(=O)N=S3(=O)CCCCC3)c2)no1. The van der Waals surface area contributed by atoms with Gasteiger partial charge >= 0.3 is 0 Å². The van der Waals surface area contributed by atoms with Gasteiger partial charge in [0.05, 0.1) is 9.73 Å². The average Bonchev–Trinajstić information content (AvgIpc) is 2.94. The molecule has 1 amide bonds. The van der Waals surface area contributed by atoms with Crippen molar-refractivity contribution in [3.8, 4) is 11.4 Å². The molecule has 3 rings (SSSR count). The van der Waals surface area contributed by atoms with Gasteiger partial charge in [0.2, 0.25) is 11.7 Å². The first-order valence-corrected chi connectivity index (χ1v) is 9.09. The van der Waals surface area contributed by atoms with E-state index in [0.717, 1.165) is 19.3 Å². The van der Waals surface area contributed by atoms with Crippen LogP contribution in [0.3, 0.4) is 0 Å². The number of hydrogen-bond acceptors (Lipinski definition) is 5. The summed E-state index contributed by atoms with van der Waals surface area (Å²) in [5.41, 5.74) is 1.07. The Balaban J connectivity index is 1.90. The van der Waals surface area contributed by atoms with Crippen molar-refractivity contribution in [3.63, 3.8) is 0 Å². The fourth-order valence-electron chi connectivity index (χ4n) is 2.44. The summed E-state index contributed by atoms with van der Waals surface area (Å²) in [6.45, 7) is 1.70. The molecule has 1 fully saturated rings. The minimum atomic E-state index is -2.39. The molecule has 6 nitrogen and oxygen atoms in total. The third-order valence-electron chi connectivity index (χ3n) is 3.57. The van der Waals surface area contributed by atoms with Crippen LogP contribution in [0.5, 0.6) is 0 Å². The van der Waals surface area contributed by atoms with E-state index < -0.39 is 15.6 Å². The first kappa shape index (κ1) is 14.9. The van der Waals surface area contributed by atoms with Crippen molar-refractivity contribution in [1.29, 1.82) is 0 Å². The zero-order valence-corrected chi connectivity index (χ0v) is 13.1. The van der Waals surface area contributed by atoms with Crippen LogP contribution in [0.1, 0.15) is 35.5 Å². The van der Waals surface area contributed by atoms with Crippen LogP contribution in [0, 0.1) is 6.92 Å². The molecule has 0 atom stereocenters. The molecular weight excluding hydrogens is 302 g/mol. The molecule has 22 heavy (non-hydrogen) atoms. The predicted octanol–water partition coefficient (Wildman–Crippen LogP) is 2.84. The van der Waals surface area contributed by atoms with Gasteiger partial charge in [-0.2, -0.15) is 9.35 Å². The van der Waals surface area contributed by atoms with E-state index in [0.29, 0.717) is 34.3 Å². The third kappa shape index (κ3) is 3.24. The Morgan fingerprint density at radius 2 is 2.05 bits per heavy atom. The minimum absolute atomic E-state index is 0.397. The highest BCUT2D eigenvalue weighted by atomic mass is 32.2. The summed E-state index contributed by atoms with van der Waals surface area (Å²) in [7, 11) is -2.39. The molecule has 0 saturated carbocycles. The van der Waals surface area contributed by atoms with Crippen LogP contribution in [0.25, 0.3) is 11.4 Å². The molecule has 0 spiro atoms. The van der Waals surface area contributed by atoms with Crippen LogP contribution in [0.15, 0.2) is 33.2 Å². The summed E-state index contributed by atoms with van der Waals surface area (Å²) in [5, 5.41) is 3.83. The van der Waals surface area contributed by atoms with E-state index in [2.05, 4.69) is 14.5 Å². The largest absolute Gasteiger partial charge is 0.339 e. The number of benzene rings is 1. The van der Waals surface area contributed by atoms with Gasteiger partial charge in [0.1, 0.15) is 0 Å². The Kier molecular flexibility index (Phi) is 4.06. The Hall–Kier alpha value is -2.02. The molecule has 2 aromatic rings. The van der Waals surface area contributed by atoms with E-state index in [1.165, 1.54) is 0 Å². The van der Waals surface area contributed by atoms with Crippen LogP contribution in [-0.4, -0.2) is 31.8 Å². The molecule has 0 N–H and O–H groups in total. The van der Waals surface area contributed by atoms with Gasteiger partial charge in [-0.05, 0) is 25.0 Å². The van der Waals surface area contributed by atoms with E-state index in [-0.39, 0.29) is 0 Å². The predicted molar refractivity (Wildman–Crippen MR) is 83.0 cm³/mol. The molecular formula is C15H17N3O3S. The van der Waals surface area contributed by atoms with Gasteiger partial charge in [-0.1, -0.05) is 23.7 Å². The van der Waals surface area contributed by atoms with Gasteiger partial charge in [0, 0.05) is 29.6 Å². The molecule has 1 aliphatic heterocycles. The molecule has 1 aromatic heterocycles. The molecule has 1 saturated heterocycles. The topological polar surface area (TPSA) is 85.4 Å². The van der Waals surface area contributed by atoms with Crippen LogP contribution in [-0.2, 0) is 9.73 Å². The van der Waals surface area contributed by atoms with E-state index in [1.807, 2.05) is 0 Å². The normalized spacial score (nSPS) is 17.1. The maximum atomic E-state index is 12.5. The molecule has 0 radical (unpaired) electrons. The zero-order chi connectivity index (χ0) is 15.6. The summed E-state index contributed by atoms with van der Waals surface area (Å²) in [6.07, 6.45) is 2.81. The highest BCUT2D eigenvalue weighted by Crippen LogP contribution is 2.19. The monoisotopic (exact) mass is 319 g/mol. The quantitative estimate of drug-likeness (QED) is 0.849. The van der Waals surface area contributed by atoms with Crippen LogP contribution in [0.2, 0.25) is 0 Å². The second kappa shape index (κ2) is 6.00. The van der Waals surface area contributed by atoms with Gasteiger partial charge in [0.25, 0.3) is 5.91 Å². The second-order valence-electron chi connectivity index (χ2n) is 5.36. The third-order valence-corrected chi connectivity index (χ3v) is 5.92. The van der Waals surface area contributed by atoms with Gasteiger partial charge in [-0.3, -0.25) is 4.79 Å². The fraction of sp³-hybridized carbons (Fsp3) is 0.400. The van der Waals surface area contributed by atoms with Crippen molar-refractivity contribution in [2.24, 2.45) is 4.36 Å². The first-order valence-electron chi connectivity index (χ1n) is 7.23. The standard InChI is InChI=1S/C15H17N3O3S/c1-11-16-14(17-21-11)12-6-5-7-13(10-12)15(19)18-22(20)8-3-2-4-9-22/h5-7,10H,2-4,8-9H2,1H3. The Morgan fingerprint density at radius 3 is 2.73 bits per heavy atom. The van der Waals surface area contributed by atoms with Crippen molar-refractivity contribution in [1.82, 2.24) is 10.1 Å². The zero-order valence-electron chi connectivity index (χ0n) is 12.3. The number of carbonyl (C=O) groups excluding carboxylic acids is 1. The maximum absolute atomic E-state index is 12.5. The van der Waals surface area contributed by atoms with Crippen LogP contribution in [0.4, 0.5) is 0 Å². The van der Waals surface area contributed by atoms with Crippen molar-refractivity contribution in [2.75, 3.05) is 11.5 Å². The van der Waals surface area contributed by atoms with Crippen molar-refractivity contribution in [2.45, 2.75) is 26.2 Å². The van der Waals surface area contributed by atoms with Gasteiger partial charge in [0.15, 0.2) is 0 Å². The highest BCUT2D eigenvalue weighted by molar-refractivity contribution is 7.93. The molecule has 116 valence electrons. The molecule has 2 heterocycles. The molecule has 0 unspecified atom stereocenters. The lowest BCUT2D eigenvalue weighted by atomic mass is 10.1. The number of hydrogen-bond donors (Lipinski definition) is 0. The summed E-state index contributed by atoms with van der Waals surface area (Å²) >= 11 is 0. The summed E-state index contributed by atoms with van der Waals surface area (Å²) in [5.74, 6) is 1.48. The molecule has 1 aromatic carbocycles. The maximum Gasteiger partial charge on any atom is 0.285 e. The second-order valence-corrected chi connectivity index (χ2v) is 7.90. The summed E-state index contributed by atoms with van der Waals surface area (Å²) < 4.78 is 21.5. The number of rotatable bonds is 2. The number of aromatic nitrogens is 2. The first-order chi connectivity index (χ1) is 10.6. The Labute approximate surface area is 129 Å². The number of amides is 1. The van der Waals surface area contributed by atoms with E-state index in [4.69, 9.17) is 4.52 Å². The summed E-state index contributed by atoms with van der Waals surface area (Å²) in [6, 6.07) is 6.84. The van der Waals surface area contributed by atoms with Crippen molar-refractivity contribution in [3.05, 3.63) is 35.7 Å².